The molecule has 0 saturated carbocycles. The predicted molar refractivity (Wildman–Crippen MR) is 65.4 cm³/mol. The minimum Gasteiger partial charge on any atom is -0.369 e. The van der Waals surface area contributed by atoms with E-state index >= 15 is 0 Å². The predicted octanol–water partition coefficient (Wildman–Crippen LogP) is 1.01. The van der Waals surface area contributed by atoms with Gasteiger partial charge in [0.25, 0.3) is 0 Å². The second-order valence-corrected chi connectivity index (χ2v) is 5.23. The van der Waals surface area contributed by atoms with E-state index in [1.165, 1.54) is 16.2 Å². The van der Waals surface area contributed by atoms with Crippen molar-refractivity contribution in [2.75, 3.05) is 7.05 Å². The Bertz CT molecular complexity index is 542. The molecule has 0 radical (unpaired) electrons. The molecule has 0 bridgehead atoms. The van der Waals surface area contributed by atoms with Crippen LogP contribution in [0.4, 0.5) is 0 Å². The van der Waals surface area contributed by atoms with Gasteiger partial charge in [-0.15, -0.1) is 11.3 Å². The lowest BCUT2D eigenvalue weighted by atomic mass is 9.94. The molecule has 2 N–H and O–H groups in total. The standard InChI is InChI=1S/C11H12N4OS/c1-11(8-4-3-7(6-12)17-8)5-9(16)15(2)10(13)14-11/h3-4H,5H2,1-2H3,(H2,13,14). The van der Waals surface area contributed by atoms with Gasteiger partial charge in [0.2, 0.25) is 5.91 Å². The lowest BCUT2D eigenvalue weighted by Gasteiger charge is -2.32. The highest BCUT2D eigenvalue weighted by molar-refractivity contribution is 7.12. The highest BCUT2D eigenvalue weighted by Gasteiger charge is 2.37. The highest BCUT2D eigenvalue weighted by Crippen LogP contribution is 2.36. The number of aliphatic imine (C=N–C) groups is 1. The van der Waals surface area contributed by atoms with Crippen LogP contribution < -0.4 is 5.73 Å². The molecule has 0 fully saturated rings. The molecular weight excluding hydrogens is 236 g/mol. The fraction of sp³-hybridized carbons (Fsp3) is 0.364. The van der Waals surface area contributed by atoms with Crippen LogP contribution in [0.25, 0.3) is 0 Å². The summed E-state index contributed by atoms with van der Waals surface area (Å²) >= 11 is 1.35. The minimum absolute atomic E-state index is 0.0630. The van der Waals surface area contributed by atoms with Crippen LogP contribution in [0.15, 0.2) is 17.1 Å². The van der Waals surface area contributed by atoms with Crippen LogP contribution in [0.2, 0.25) is 0 Å². The van der Waals surface area contributed by atoms with Crippen LogP contribution in [0.1, 0.15) is 23.1 Å². The number of guanidine groups is 1. The molecular formula is C11H12N4OS. The molecule has 0 spiro atoms. The summed E-state index contributed by atoms with van der Waals surface area (Å²) in [4.78, 5) is 19.0. The van der Waals surface area contributed by atoms with Crippen molar-refractivity contribution in [2.45, 2.75) is 18.9 Å². The third-order valence-corrected chi connectivity index (χ3v) is 4.06. The number of nitrogens with zero attached hydrogens (tertiary/aromatic N) is 3. The quantitative estimate of drug-likeness (QED) is 0.805. The first kappa shape index (κ1) is 11.6. The van der Waals surface area contributed by atoms with Crippen molar-refractivity contribution in [3.8, 4) is 6.07 Å². The number of rotatable bonds is 1. The third kappa shape index (κ3) is 1.89. The number of amides is 1. The van der Waals surface area contributed by atoms with Gasteiger partial charge in [0, 0.05) is 11.9 Å². The minimum atomic E-state index is -0.645. The summed E-state index contributed by atoms with van der Waals surface area (Å²) in [6, 6.07) is 5.65. The van der Waals surface area contributed by atoms with Gasteiger partial charge in [0.05, 0.1) is 6.42 Å². The van der Waals surface area contributed by atoms with Crippen molar-refractivity contribution in [3.05, 3.63) is 21.9 Å². The highest BCUT2D eigenvalue weighted by atomic mass is 32.1. The van der Waals surface area contributed by atoms with E-state index in [1.54, 1.807) is 13.1 Å². The van der Waals surface area contributed by atoms with Gasteiger partial charge in [-0.25, -0.2) is 4.99 Å². The van der Waals surface area contributed by atoms with Crippen molar-refractivity contribution in [1.82, 2.24) is 4.90 Å². The van der Waals surface area contributed by atoms with Crippen molar-refractivity contribution in [2.24, 2.45) is 10.7 Å². The molecule has 17 heavy (non-hydrogen) atoms. The lowest BCUT2D eigenvalue weighted by molar-refractivity contribution is -0.128. The van der Waals surface area contributed by atoms with Gasteiger partial charge in [-0.3, -0.25) is 9.69 Å². The van der Waals surface area contributed by atoms with Crippen LogP contribution >= 0.6 is 11.3 Å². The number of nitrogens with two attached hydrogens (primary N) is 1. The first-order valence-corrected chi connectivity index (χ1v) is 5.90. The number of carbonyl (C=O) groups excluding carboxylic acids is 1. The molecule has 1 aromatic heterocycles. The number of thiophene rings is 1. The summed E-state index contributed by atoms with van der Waals surface area (Å²) in [6.45, 7) is 1.86. The first-order valence-electron chi connectivity index (χ1n) is 5.08. The topological polar surface area (TPSA) is 82.5 Å². The Hall–Kier alpha value is -1.87. The maximum atomic E-state index is 11.8. The zero-order valence-electron chi connectivity index (χ0n) is 9.60. The van der Waals surface area contributed by atoms with Gasteiger partial charge in [0.1, 0.15) is 16.5 Å². The summed E-state index contributed by atoms with van der Waals surface area (Å²) in [7, 11) is 1.61. The molecule has 6 heteroatoms. The first-order chi connectivity index (χ1) is 7.96. The van der Waals surface area contributed by atoms with E-state index in [4.69, 9.17) is 11.0 Å². The number of hydrogen-bond acceptors (Lipinski definition) is 5. The van der Waals surface area contributed by atoms with Crippen LogP contribution in [0.5, 0.6) is 0 Å². The molecule has 0 aliphatic carbocycles. The molecule has 2 rings (SSSR count). The van der Waals surface area contributed by atoms with E-state index in [2.05, 4.69) is 11.1 Å². The van der Waals surface area contributed by atoms with E-state index < -0.39 is 5.54 Å². The van der Waals surface area contributed by atoms with Gasteiger partial charge in [-0.2, -0.15) is 5.26 Å². The molecule has 1 aromatic rings. The maximum Gasteiger partial charge on any atom is 0.231 e. The van der Waals surface area contributed by atoms with Crippen molar-refractivity contribution < 1.29 is 4.79 Å². The van der Waals surface area contributed by atoms with Crippen LogP contribution in [-0.2, 0) is 10.3 Å². The maximum absolute atomic E-state index is 11.8. The molecule has 1 atom stereocenters. The second kappa shape index (κ2) is 3.86. The van der Waals surface area contributed by atoms with Gasteiger partial charge in [-0.1, -0.05) is 0 Å². The average molecular weight is 248 g/mol. The summed E-state index contributed by atoms with van der Waals surface area (Å²) in [5.41, 5.74) is 5.07. The Labute approximate surface area is 103 Å². The average Bonchev–Trinajstić information content (AvgIpc) is 2.75. The van der Waals surface area contributed by atoms with Gasteiger partial charge in [-0.05, 0) is 19.1 Å². The molecule has 1 unspecified atom stereocenters. The van der Waals surface area contributed by atoms with Crippen molar-refractivity contribution in [3.63, 3.8) is 0 Å². The smallest absolute Gasteiger partial charge is 0.231 e. The number of carbonyl (C=O) groups is 1. The monoisotopic (exact) mass is 248 g/mol. The zero-order chi connectivity index (χ0) is 12.6. The Morgan fingerprint density at radius 2 is 2.35 bits per heavy atom. The Morgan fingerprint density at radius 1 is 1.65 bits per heavy atom. The van der Waals surface area contributed by atoms with Crippen LogP contribution in [-0.4, -0.2) is 23.8 Å². The number of hydrogen-bond donors (Lipinski definition) is 1. The largest absolute Gasteiger partial charge is 0.369 e. The summed E-state index contributed by atoms with van der Waals surface area (Å²) in [5.74, 6) is 0.155. The molecule has 0 saturated heterocycles. The van der Waals surface area contributed by atoms with Crippen LogP contribution in [0.3, 0.4) is 0 Å². The van der Waals surface area contributed by atoms with E-state index in [9.17, 15) is 4.79 Å². The summed E-state index contributed by atoms with van der Waals surface area (Å²) < 4.78 is 0. The van der Waals surface area contributed by atoms with E-state index in [1.807, 2.05) is 13.0 Å². The Balaban J connectivity index is 2.44. The van der Waals surface area contributed by atoms with Gasteiger partial charge >= 0.3 is 0 Å². The SMILES string of the molecule is CN1C(=O)CC(C)(c2ccc(C#N)s2)N=C1N. The lowest BCUT2D eigenvalue weighted by Crippen LogP contribution is -2.47. The third-order valence-electron chi connectivity index (χ3n) is 2.82. The molecule has 1 aliphatic heterocycles. The van der Waals surface area contributed by atoms with Crippen molar-refractivity contribution in [1.29, 1.82) is 5.26 Å². The van der Waals surface area contributed by atoms with Gasteiger partial charge < -0.3 is 5.73 Å². The number of nitriles is 1. The fourth-order valence-electron chi connectivity index (χ4n) is 1.74. The molecule has 1 aliphatic rings. The normalized spacial score (nSPS) is 24.4. The molecule has 0 aromatic carbocycles. The van der Waals surface area contributed by atoms with Gasteiger partial charge in [0.15, 0.2) is 5.96 Å². The molecule has 88 valence electrons. The van der Waals surface area contributed by atoms with E-state index in [-0.39, 0.29) is 18.3 Å². The van der Waals surface area contributed by atoms with E-state index in [0.717, 1.165) is 4.88 Å². The molecule has 1 amide bonds. The fourth-order valence-corrected chi connectivity index (χ4v) is 2.63. The molecule has 2 heterocycles. The summed E-state index contributed by atoms with van der Waals surface area (Å²) in [5, 5.41) is 8.80. The molecule has 5 nitrogen and oxygen atoms in total. The zero-order valence-corrected chi connectivity index (χ0v) is 10.4. The van der Waals surface area contributed by atoms with E-state index in [0.29, 0.717) is 4.88 Å². The Kier molecular flexibility index (Phi) is 2.63. The summed E-state index contributed by atoms with van der Waals surface area (Å²) in [6.07, 6.45) is 0.273. The second-order valence-electron chi connectivity index (χ2n) is 4.15. The van der Waals surface area contributed by atoms with Crippen LogP contribution in [0, 0.1) is 11.3 Å². The van der Waals surface area contributed by atoms with Crippen molar-refractivity contribution >= 4 is 23.2 Å². The Morgan fingerprint density at radius 3 is 2.88 bits per heavy atom.